The number of rotatable bonds is 9. The van der Waals surface area contributed by atoms with E-state index in [2.05, 4.69) is 34.6 Å². The maximum atomic E-state index is 13.3. The molecule has 0 heterocycles. The topological polar surface area (TPSA) is 40.5 Å². The van der Waals surface area contributed by atoms with Gasteiger partial charge in [0.1, 0.15) is 18.2 Å². The molecule has 0 bridgehead atoms. The lowest BCUT2D eigenvalue weighted by molar-refractivity contribution is 0.298. The first-order valence-corrected chi connectivity index (χ1v) is 11.0. The van der Waals surface area contributed by atoms with E-state index >= 15 is 0 Å². The van der Waals surface area contributed by atoms with Crippen molar-refractivity contribution in [3.63, 3.8) is 0 Å². The molecule has 0 aliphatic heterocycles. The number of aromatic hydroxyl groups is 2. The van der Waals surface area contributed by atoms with Crippen LogP contribution in [-0.4, -0.2) is 16.9 Å². The van der Waals surface area contributed by atoms with Gasteiger partial charge in [0, 0.05) is 11.5 Å². The molecule has 0 aromatic heterocycles. The maximum Gasteiger partial charge on any atom is 0.123 e. The Hall–Kier alpha value is -1.51. The van der Waals surface area contributed by atoms with Crippen LogP contribution in [0, 0.1) is 11.8 Å². The lowest BCUT2D eigenvalue weighted by Crippen LogP contribution is -2.22. The van der Waals surface area contributed by atoms with Crippen molar-refractivity contribution >= 4 is 0 Å². The first-order chi connectivity index (χ1) is 13.2. The number of hydrogen-bond acceptors (Lipinski definition) is 2. The summed E-state index contributed by atoms with van der Waals surface area (Å²) in [6.45, 7) is 10.4. The first kappa shape index (κ1) is 22.8. The quantitative estimate of drug-likeness (QED) is 0.341. The van der Waals surface area contributed by atoms with E-state index < -0.39 is 6.67 Å². The third-order valence-corrected chi connectivity index (χ3v) is 6.61. The average Bonchev–Trinajstić information content (AvgIpc) is 2.64. The van der Waals surface area contributed by atoms with Gasteiger partial charge in [0.25, 0.3) is 0 Å². The molecular weight excluding hydrogens is 351 g/mol. The van der Waals surface area contributed by atoms with Crippen LogP contribution in [-0.2, 0) is 5.41 Å². The normalized spacial score (nSPS) is 20.5. The lowest BCUT2D eigenvalue weighted by atomic mass is 9.71. The van der Waals surface area contributed by atoms with E-state index in [0.29, 0.717) is 17.4 Å². The minimum Gasteiger partial charge on any atom is -0.507 e. The summed E-state index contributed by atoms with van der Waals surface area (Å²) < 4.78 is 13.3. The fourth-order valence-electron chi connectivity index (χ4n) is 4.64. The lowest BCUT2D eigenvalue weighted by Gasteiger charge is -2.34. The van der Waals surface area contributed by atoms with Crippen LogP contribution in [0.15, 0.2) is 23.8 Å². The van der Waals surface area contributed by atoms with Gasteiger partial charge in [-0.15, -0.1) is 0 Å². The zero-order chi connectivity index (χ0) is 20.9. The van der Waals surface area contributed by atoms with Crippen molar-refractivity contribution in [1.29, 1.82) is 0 Å². The van der Waals surface area contributed by atoms with Gasteiger partial charge in [0.05, 0.1) is 0 Å². The largest absolute Gasteiger partial charge is 0.507 e. The maximum absolute atomic E-state index is 13.3. The molecule has 28 heavy (non-hydrogen) atoms. The molecule has 0 radical (unpaired) electrons. The zero-order valence-electron chi connectivity index (χ0n) is 18.4. The number of phenols is 2. The molecular formula is C25H39FO2. The second-order valence-corrected chi connectivity index (χ2v) is 9.55. The summed E-state index contributed by atoms with van der Waals surface area (Å²) in [5, 5.41) is 21.7. The number of phenolic OH excluding ortho intramolecular Hbond substituents is 2. The highest BCUT2D eigenvalue weighted by Gasteiger charge is 2.33. The Kier molecular flexibility index (Phi) is 7.97. The van der Waals surface area contributed by atoms with Crippen molar-refractivity contribution in [3.05, 3.63) is 34.9 Å². The number of benzene rings is 1. The van der Waals surface area contributed by atoms with Gasteiger partial charge in [-0.2, -0.15) is 0 Å². The van der Waals surface area contributed by atoms with E-state index in [4.69, 9.17) is 0 Å². The molecule has 1 unspecified atom stereocenters. The molecule has 158 valence electrons. The van der Waals surface area contributed by atoms with Crippen LogP contribution >= 0.6 is 0 Å². The van der Waals surface area contributed by atoms with Gasteiger partial charge in [0.15, 0.2) is 0 Å². The smallest absolute Gasteiger partial charge is 0.123 e. The van der Waals surface area contributed by atoms with Gasteiger partial charge in [-0.3, -0.25) is 0 Å². The molecule has 2 N–H and O–H groups in total. The number of unbranched alkanes of at least 4 members (excludes halogenated alkanes) is 3. The van der Waals surface area contributed by atoms with Crippen molar-refractivity contribution in [1.82, 2.24) is 0 Å². The van der Waals surface area contributed by atoms with Crippen molar-refractivity contribution in [2.75, 3.05) is 6.67 Å². The molecule has 0 saturated carbocycles. The van der Waals surface area contributed by atoms with Gasteiger partial charge >= 0.3 is 0 Å². The van der Waals surface area contributed by atoms with Crippen molar-refractivity contribution in [2.24, 2.45) is 11.8 Å². The number of alkyl halides is 1. The minimum atomic E-state index is -0.453. The van der Waals surface area contributed by atoms with Crippen LogP contribution in [0.1, 0.15) is 96.6 Å². The third kappa shape index (κ3) is 5.30. The average molecular weight is 391 g/mol. The molecule has 2 rings (SSSR count). The molecule has 1 aliphatic rings. The summed E-state index contributed by atoms with van der Waals surface area (Å²) in [5.41, 5.74) is 2.20. The summed E-state index contributed by atoms with van der Waals surface area (Å²) in [7, 11) is 0. The van der Waals surface area contributed by atoms with E-state index in [-0.39, 0.29) is 22.8 Å². The van der Waals surface area contributed by atoms with E-state index in [1.54, 1.807) is 0 Å². The zero-order valence-corrected chi connectivity index (χ0v) is 18.4. The Balaban J connectivity index is 2.34. The van der Waals surface area contributed by atoms with E-state index in [1.807, 2.05) is 18.2 Å². The Bertz CT molecular complexity index is 652. The molecule has 0 spiro atoms. The molecule has 3 heteroatoms. The minimum absolute atomic E-state index is 0.106. The Labute approximate surface area is 170 Å². The Morgan fingerprint density at radius 2 is 1.75 bits per heavy atom. The van der Waals surface area contributed by atoms with E-state index in [0.717, 1.165) is 36.8 Å². The van der Waals surface area contributed by atoms with Crippen LogP contribution in [0.25, 0.3) is 0 Å². The van der Waals surface area contributed by atoms with E-state index in [9.17, 15) is 14.6 Å². The van der Waals surface area contributed by atoms with E-state index in [1.165, 1.54) is 19.3 Å². The fraction of sp³-hybridized carbons (Fsp3) is 0.680. The summed E-state index contributed by atoms with van der Waals surface area (Å²) >= 11 is 0. The van der Waals surface area contributed by atoms with Crippen LogP contribution in [0.3, 0.4) is 0 Å². The number of hydrogen-bond donors (Lipinski definition) is 2. The molecule has 0 saturated heterocycles. The van der Waals surface area contributed by atoms with Crippen LogP contribution < -0.4 is 0 Å². The molecule has 0 fully saturated rings. The summed E-state index contributed by atoms with van der Waals surface area (Å²) in [6, 6.07) is 3.65. The predicted octanol–water partition coefficient (Wildman–Crippen LogP) is 7.39. The number of allylic oxidation sites excluding steroid dienone is 2. The van der Waals surface area contributed by atoms with Crippen LogP contribution in [0.5, 0.6) is 11.5 Å². The molecule has 2 nitrogen and oxygen atoms in total. The second kappa shape index (κ2) is 9.80. The predicted molar refractivity (Wildman–Crippen MR) is 116 cm³/mol. The summed E-state index contributed by atoms with van der Waals surface area (Å²) in [4.78, 5) is 0. The molecule has 0 amide bonds. The van der Waals surface area contributed by atoms with Gasteiger partial charge in [-0.25, -0.2) is 4.39 Å². The monoisotopic (exact) mass is 390 g/mol. The highest BCUT2D eigenvalue weighted by atomic mass is 19.1. The second-order valence-electron chi connectivity index (χ2n) is 9.55. The van der Waals surface area contributed by atoms with Crippen LogP contribution in [0.4, 0.5) is 4.39 Å². The van der Waals surface area contributed by atoms with Gasteiger partial charge in [-0.1, -0.05) is 66.4 Å². The Morgan fingerprint density at radius 1 is 1.11 bits per heavy atom. The number of halogens is 1. The first-order valence-electron chi connectivity index (χ1n) is 11.0. The Morgan fingerprint density at radius 3 is 2.29 bits per heavy atom. The summed E-state index contributed by atoms with van der Waals surface area (Å²) in [6.07, 6.45) is 9.43. The summed E-state index contributed by atoms with van der Waals surface area (Å²) in [5.74, 6) is 0.837. The van der Waals surface area contributed by atoms with Gasteiger partial charge in [-0.05, 0) is 59.8 Å². The highest BCUT2D eigenvalue weighted by Crippen LogP contribution is 2.48. The molecule has 2 atom stereocenters. The van der Waals surface area contributed by atoms with Crippen molar-refractivity contribution in [2.45, 2.75) is 90.9 Å². The SMILES string of the molecule is CCCCCCC(C)(C)c1cc(O)c([C@H]2C=C(CF)CCC2C(C)C)c(O)c1. The fourth-order valence-corrected chi connectivity index (χ4v) is 4.64. The van der Waals surface area contributed by atoms with Gasteiger partial charge < -0.3 is 10.2 Å². The van der Waals surface area contributed by atoms with Crippen molar-refractivity contribution < 1.29 is 14.6 Å². The standard InChI is InChI=1S/C25H39FO2/c1-6-7-8-9-12-25(4,5)19-14-22(27)24(23(28)15-19)21-13-18(16-26)10-11-20(21)17(2)3/h13-15,17,20-21,27-28H,6-12,16H2,1-5H3/t20?,21-/m0/s1. The molecule has 1 aromatic rings. The highest BCUT2D eigenvalue weighted by molar-refractivity contribution is 5.52. The molecule has 1 aromatic carbocycles. The molecule has 1 aliphatic carbocycles. The van der Waals surface area contributed by atoms with Crippen molar-refractivity contribution in [3.8, 4) is 11.5 Å². The van der Waals surface area contributed by atoms with Crippen LogP contribution in [0.2, 0.25) is 0 Å². The third-order valence-electron chi connectivity index (χ3n) is 6.61. The van der Waals surface area contributed by atoms with Gasteiger partial charge in [0.2, 0.25) is 0 Å².